The minimum Gasteiger partial charge on any atom is -0.439 e. The molecule has 0 radical (unpaired) electrons. The van der Waals surface area contributed by atoms with Gasteiger partial charge in [0.1, 0.15) is 11.4 Å². The van der Waals surface area contributed by atoms with Crippen molar-refractivity contribution in [1.82, 2.24) is 4.98 Å². The lowest BCUT2D eigenvalue weighted by Gasteiger charge is -2.21. The van der Waals surface area contributed by atoms with Crippen LogP contribution in [0.25, 0.3) is 0 Å². The van der Waals surface area contributed by atoms with E-state index in [9.17, 15) is 13.2 Å². The van der Waals surface area contributed by atoms with Gasteiger partial charge in [0.2, 0.25) is 5.88 Å². The molecule has 0 unspecified atom stereocenters. The number of aromatic nitrogens is 1. The number of anilines is 1. The lowest BCUT2D eigenvalue weighted by atomic mass is 10.2. The van der Waals surface area contributed by atoms with Gasteiger partial charge < -0.3 is 15.4 Å². The molecular weight excluding hydrogens is 331 g/mol. The van der Waals surface area contributed by atoms with E-state index in [2.05, 4.69) is 4.98 Å². The zero-order chi connectivity index (χ0) is 17.9. The van der Waals surface area contributed by atoms with Crippen LogP contribution < -0.4 is 15.4 Å². The Kier molecular flexibility index (Phi) is 4.76. The molecule has 0 fully saturated rings. The van der Waals surface area contributed by atoms with Crippen LogP contribution in [0.5, 0.6) is 11.6 Å². The van der Waals surface area contributed by atoms with Crippen molar-refractivity contribution in [2.75, 3.05) is 11.4 Å². The Labute approximate surface area is 143 Å². The van der Waals surface area contributed by atoms with Gasteiger partial charge in [-0.15, -0.1) is 0 Å². The number of alkyl halides is 3. The minimum atomic E-state index is -4.56. The molecule has 1 aromatic heterocycles. The number of allylic oxidation sites excluding steroid dienone is 2. The topological polar surface area (TPSA) is 51.4 Å². The molecule has 2 heterocycles. The maximum absolute atomic E-state index is 13.0. The van der Waals surface area contributed by atoms with Crippen molar-refractivity contribution in [2.24, 2.45) is 5.73 Å². The second-order valence-corrected chi connectivity index (χ2v) is 5.42. The molecule has 4 nitrogen and oxygen atoms in total. The molecule has 25 heavy (non-hydrogen) atoms. The summed E-state index contributed by atoms with van der Waals surface area (Å²) in [5.41, 5.74) is 5.62. The van der Waals surface area contributed by atoms with Crippen LogP contribution in [0.1, 0.15) is 11.3 Å². The van der Waals surface area contributed by atoms with E-state index in [1.54, 1.807) is 18.2 Å². The summed E-state index contributed by atoms with van der Waals surface area (Å²) in [6, 6.07) is 9.40. The van der Waals surface area contributed by atoms with Crippen molar-refractivity contribution < 1.29 is 17.9 Å². The first kappa shape index (κ1) is 17.0. The van der Waals surface area contributed by atoms with Crippen molar-refractivity contribution in [3.63, 3.8) is 0 Å². The lowest BCUT2D eigenvalue weighted by Crippen LogP contribution is -2.17. The largest absolute Gasteiger partial charge is 0.439 e. The smallest absolute Gasteiger partial charge is 0.433 e. The van der Waals surface area contributed by atoms with Gasteiger partial charge >= 0.3 is 6.18 Å². The Bertz CT molecular complexity index is 815. The van der Waals surface area contributed by atoms with E-state index < -0.39 is 11.9 Å². The summed E-state index contributed by atoms with van der Waals surface area (Å²) >= 11 is 0. The highest BCUT2D eigenvalue weighted by atomic mass is 19.4. The molecule has 0 amide bonds. The molecular formula is C18H16F3N3O. The molecule has 0 saturated heterocycles. The minimum absolute atomic E-state index is 0.0348. The van der Waals surface area contributed by atoms with Crippen molar-refractivity contribution in [3.8, 4) is 11.6 Å². The molecule has 3 rings (SSSR count). The van der Waals surface area contributed by atoms with Crippen LogP contribution in [0.15, 0.2) is 60.8 Å². The summed E-state index contributed by atoms with van der Waals surface area (Å²) in [5, 5.41) is 0. The average Bonchev–Trinajstić information content (AvgIpc) is 2.61. The van der Waals surface area contributed by atoms with Gasteiger partial charge in [-0.05, 0) is 29.8 Å². The number of hydrogen-bond donors (Lipinski definition) is 1. The summed E-state index contributed by atoms with van der Waals surface area (Å²) < 4.78 is 44.4. The highest BCUT2D eigenvalue weighted by Gasteiger charge is 2.33. The fourth-order valence-corrected chi connectivity index (χ4v) is 2.38. The summed E-state index contributed by atoms with van der Waals surface area (Å²) in [6.45, 7) is 0.673. The van der Waals surface area contributed by atoms with Gasteiger partial charge in [-0.25, -0.2) is 4.98 Å². The van der Waals surface area contributed by atoms with Crippen LogP contribution in [0.4, 0.5) is 18.9 Å². The number of hydrogen-bond acceptors (Lipinski definition) is 4. The summed E-state index contributed by atoms with van der Waals surface area (Å²) in [4.78, 5) is 5.53. The Morgan fingerprint density at radius 3 is 2.68 bits per heavy atom. The first-order chi connectivity index (χ1) is 12.0. The Morgan fingerprint density at radius 2 is 2.00 bits per heavy atom. The average molecular weight is 347 g/mol. The summed E-state index contributed by atoms with van der Waals surface area (Å²) in [5.74, 6) is 0.261. The highest BCUT2D eigenvalue weighted by Crippen LogP contribution is 2.32. The number of ether oxygens (including phenoxy) is 1. The monoisotopic (exact) mass is 347 g/mol. The molecule has 0 bridgehead atoms. The van der Waals surface area contributed by atoms with Gasteiger partial charge in [0.05, 0.1) is 0 Å². The number of nitrogens with two attached hydrogens (primary N) is 1. The second-order valence-electron chi connectivity index (χ2n) is 5.42. The third-order valence-corrected chi connectivity index (χ3v) is 3.57. The fraction of sp³-hybridized carbons (Fsp3) is 0.167. The van der Waals surface area contributed by atoms with Gasteiger partial charge in [-0.1, -0.05) is 18.2 Å². The molecule has 1 aliphatic heterocycles. The first-order valence-corrected chi connectivity index (χ1v) is 7.62. The standard InChI is InChI=1S/C18H16F3N3O/c19-18(20,21)16-9-13(12-22)10-17(23-16)25-15-6-4-5-14(11-15)24-7-2-1-3-8-24/h1-7,9-11H,8,12,22H2. The molecule has 0 aliphatic carbocycles. The van der Waals surface area contributed by atoms with Gasteiger partial charge in [0, 0.05) is 37.1 Å². The number of rotatable bonds is 4. The first-order valence-electron chi connectivity index (χ1n) is 7.62. The molecule has 7 heteroatoms. The van der Waals surface area contributed by atoms with E-state index in [0.717, 1.165) is 11.8 Å². The van der Waals surface area contributed by atoms with Crippen molar-refractivity contribution in [3.05, 3.63) is 72.1 Å². The van der Waals surface area contributed by atoms with E-state index in [1.807, 2.05) is 35.4 Å². The Morgan fingerprint density at radius 1 is 1.16 bits per heavy atom. The quantitative estimate of drug-likeness (QED) is 0.899. The van der Waals surface area contributed by atoms with E-state index in [0.29, 0.717) is 17.9 Å². The zero-order valence-electron chi connectivity index (χ0n) is 13.2. The molecule has 0 spiro atoms. The van der Waals surface area contributed by atoms with Crippen LogP contribution >= 0.6 is 0 Å². The van der Waals surface area contributed by atoms with Crippen LogP contribution in [0, 0.1) is 0 Å². The van der Waals surface area contributed by atoms with Crippen molar-refractivity contribution in [2.45, 2.75) is 12.7 Å². The highest BCUT2D eigenvalue weighted by molar-refractivity contribution is 5.55. The van der Waals surface area contributed by atoms with Gasteiger partial charge in [-0.2, -0.15) is 13.2 Å². The maximum atomic E-state index is 13.0. The Hall–Kier alpha value is -2.80. The summed E-state index contributed by atoms with van der Waals surface area (Å²) in [6.07, 6.45) is 3.19. The lowest BCUT2D eigenvalue weighted by molar-refractivity contribution is -0.141. The SMILES string of the molecule is NCc1cc(Oc2cccc(N3C=CC=CC3)c2)nc(C(F)(F)F)c1. The summed E-state index contributed by atoms with van der Waals surface area (Å²) in [7, 11) is 0. The fourth-order valence-electron chi connectivity index (χ4n) is 2.38. The molecule has 0 atom stereocenters. The third kappa shape index (κ3) is 4.19. The molecule has 130 valence electrons. The van der Waals surface area contributed by atoms with Crippen LogP contribution in [-0.4, -0.2) is 11.5 Å². The van der Waals surface area contributed by atoms with Gasteiger partial charge in [0.25, 0.3) is 0 Å². The van der Waals surface area contributed by atoms with Crippen molar-refractivity contribution in [1.29, 1.82) is 0 Å². The van der Waals surface area contributed by atoms with E-state index in [-0.39, 0.29) is 12.4 Å². The molecule has 2 aromatic rings. The molecule has 1 aliphatic rings. The van der Waals surface area contributed by atoms with E-state index in [4.69, 9.17) is 10.5 Å². The van der Waals surface area contributed by atoms with Crippen molar-refractivity contribution >= 4 is 5.69 Å². The molecule has 2 N–H and O–H groups in total. The number of pyridine rings is 1. The maximum Gasteiger partial charge on any atom is 0.433 e. The predicted octanol–water partition coefficient (Wildman–Crippen LogP) is 4.24. The van der Waals surface area contributed by atoms with Gasteiger partial charge in [-0.3, -0.25) is 0 Å². The van der Waals surface area contributed by atoms with Gasteiger partial charge in [0.15, 0.2) is 0 Å². The number of nitrogens with zero attached hydrogens (tertiary/aromatic N) is 2. The third-order valence-electron chi connectivity index (χ3n) is 3.57. The van der Waals surface area contributed by atoms with E-state index >= 15 is 0 Å². The van der Waals surface area contributed by atoms with Crippen LogP contribution in [0.2, 0.25) is 0 Å². The zero-order valence-corrected chi connectivity index (χ0v) is 13.2. The number of halogens is 3. The number of benzene rings is 1. The molecule has 1 aromatic carbocycles. The molecule has 0 saturated carbocycles. The Balaban J connectivity index is 1.87. The van der Waals surface area contributed by atoms with Crippen LogP contribution in [-0.2, 0) is 12.7 Å². The normalized spacial score (nSPS) is 14.0. The van der Waals surface area contributed by atoms with E-state index in [1.165, 1.54) is 6.07 Å². The van der Waals surface area contributed by atoms with Crippen LogP contribution in [0.3, 0.4) is 0 Å². The second kappa shape index (κ2) is 6.98. The predicted molar refractivity (Wildman–Crippen MR) is 89.3 cm³/mol.